The van der Waals surface area contributed by atoms with Gasteiger partial charge < -0.3 is 0 Å². The second kappa shape index (κ2) is 5.63. The minimum Gasteiger partial charge on any atom is -0.291 e. The maximum absolute atomic E-state index is 6.05. The van der Waals surface area contributed by atoms with E-state index in [1.54, 1.807) is 5.57 Å². The van der Waals surface area contributed by atoms with Crippen molar-refractivity contribution in [2.45, 2.75) is 58.4 Å². The van der Waals surface area contributed by atoms with Crippen LogP contribution in [-0.4, -0.2) is 12.0 Å². The molecule has 3 aliphatic rings. The minimum atomic E-state index is 0.568. The molecule has 110 valence electrons. The Kier molecular flexibility index (Phi) is 3.86. The molecule has 0 aromatic rings. The average molecular weight is 274 g/mol. The number of nitrogens with one attached hydrogen (secondary N) is 2. The van der Waals surface area contributed by atoms with Gasteiger partial charge in [-0.3, -0.25) is 10.7 Å². The average Bonchev–Trinajstić information content (AvgIpc) is 2.80. The van der Waals surface area contributed by atoms with E-state index in [4.69, 9.17) is 5.73 Å². The summed E-state index contributed by atoms with van der Waals surface area (Å²) in [4.78, 5) is 3.45. The Balaban J connectivity index is 1.87. The monoisotopic (exact) mass is 274 g/mol. The van der Waals surface area contributed by atoms with Crippen molar-refractivity contribution in [3.05, 3.63) is 23.4 Å². The van der Waals surface area contributed by atoms with Crippen molar-refractivity contribution < 1.29 is 4.99 Å². The molecule has 20 heavy (non-hydrogen) atoms. The van der Waals surface area contributed by atoms with Crippen LogP contribution in [0.2, 0.25) is 0 Å². The summed E-state index contributed by atoms with van der Waals surface area (Å²) in [7, 11) is 0. The highest BCUT2D eigenvalue weighted by molar-refractivity contribution is 5.75. The fourth-order valence-electron chi connectivity index (χ4n) is 4.37. The predicted octanol–water partition coefficient (Wildman–Crippen LogP) is 1.42. The first-order valence-electron chi connectivity index (χ1n) is 8.24. The van der Waals surface area contributed by atoms with Gasteiger partial charge >= 0.3 is 5.96 Å². The van der Waals surface area contributed by atoms with Crippen molar-refractivity contribution in [3.8, 4) is 0 Å². The van der Waals surface area contributed by atoms with Crippen LogP contribution in [0.25, 0.3) is 0 Å². The number of unbranched alkanes of at least 4 members (excludes halogenated alkanes) is 1. The van der Waals surface area contributed by atoms with Gasteiger partial charge in [0.05, 0.1) is 11.7 Å². The maximum atomic E-state index is 6.05. The summed E-state index contributed by atoms with van der Waals surface area (Å²) < 4.78 is 0. The summed E-state index contributed by atoms with van der Waals surface area (Å²) in [6.07, 6.45) is 12.2. The van der Waals surface area contributed by atoms with Gasteiger partial charge in [0, 0.05) is 5.92 Å². The van der Waals surface area contributed by atoms with Crippen molar-refractivity contribution in [2.75, 3.05) is 0 Å². The van der Waals surface area contributed by atoms with Crippen LogP contribution in [0.4, 0.5) is 0 Å². The lowest BCUT2D eigenvalue weighted by Gasteiger charge is -2.36. The molecular weight excluding hydrogens is 246 g/mol. The number of hydrogen-bond acceptors (Lipinski definition) is 2. The van der Waals surface area contributed by atoms with Crippen LogP contribution in [-0.2, 0) is 0 Å². The second-order valence-corrected chi connectivity index (χ2v) is 6.69. The molecule has 3 rings (SSSR count). The summed E-state index contributed by atoms with van der Waals surface area (Å²) in [5, 5.41) is 3.47. The number of allylic oxidation sites excluding steroid dienone is 3. The molecule has 0 aromatic heterocycles. The minimum absolute atomic E-state index is 0.568. The van der Waals surface area contributed by atoms with E-state index in [1.807, 2.05) is 0 Å². The van der Waals surface area contributed by atoms with Crippen LogP contribution in [0.1, 0.15) is 52.4 Å². The molecule has 4 N–H and O–H groups in total. The van der Waals surface area contributed by atoms with Gasteiger partial charge in [-0.25, -0.2) is 5.32 Å². The first kappa shape index (κ1) is 13.7. The summed E-state index contributed by atoms with van der Waals surface area (Å²) in [5.41, 5.74) is 9.10. The molecule has 0 saturated heterocycles. The van der Waals surface area contributed by atoms with Crippen LogP contribution in [0.5, 0.6) is 0 Å². The second-order valence-electron chi connectivity index (χ2n) is 6.69. The third-order valence-corrected chi connectivity index (χ3v) is 5.29. The van der Waals surface area contributed by atoms with Gasteiger partial charge in [0.2, 0.25) is 0 Å². The van der Waals surface area contributed by atoms with Crippen molar-refractivity contribution in [2.24, 2.45) is 23.5 Å². The van der Waals surface area contributed by atoms with Crippen LogP contribution >= 0.6 is 0 Å². The number of hydrogen-bond donors (Lipinski definition) is 3. The van der Waals surface area contributed by atoms with Crippen molar-refractivity contribution in [3.63, 3.8) is 0 Å². The van der Waals surface area contributed by atoms with Gasteiger partial charge in [0.1, 0.15) is 0 Å². The number of rotatable bonds is 4. The first-order chi connectivity index (χ1) is 9.70. The van der Waals surface area contributed by atoms with E-state index in [1.165, 1.54) is 37.8 Å². The lowest BCUT2D eigenvalue weighted by Crippen LogP contribution is -2.88. The highest BCUT2D eigenvalue weighted by Crippen LogP contribution is 2.46. The van der Waals surface area contributed by atoms with E-state index in [9.17, 15) is 0 Å². The zero-order valence-electron chi connectivity index (χ0n) is 12.8. The fraction of sp³-hybridized carbons (Fsp3) is 0.706. The Hall–Kier alpha value is -1.25. The third-order valence-electron chi connectivity index (χ3n) is 5.29. The number of nitrogens with two attached hydrogens (primary N) is 1. The van der Waals surface area contributed by atoms with E-state index in [2.05, 4.69) is 36.3 Å². The highest BCUT2D eigenvalue weighted by Gasteiger charge is 2.47. The van der Waals surface area contributed by atoms with Crippen LogP contribution in [0, 0.1) is 17.8 Å². The quantitative estimate of drug-likeness (QED) is 0.679. The summed E-state index contributed by atoms with van der Waals surface area (Å²) in [5.74, 6) is 2.97. The van der Waals surface area contributed by atoms with Crippen LogP contribution < -0.4 is 16.0 Å². The van der Waals surface area contributed by atoms with E-state index in [0.717, 1.165) is 18.3 Å². The Morgan fingerprint density at radius 1 is 1.35 bits per heavy atom. The molecule has 0 aromatic carbocycles. The van der Waals surface area contributed by atoms with Crippen LogP contribution in [0.15, 0.2) is 23.4 Å². The lowest BCUT2D eigenvalue weighted by atomic mass is 9.72. The molecule has 2 aliphatic carbocycles. The molecule has 4 atom stereocenters. The van der Waals surface area contributed by atoms with E-state index >= 15 is 0 Å². The molecule has 3 nitrogen and oxygen atoms in total. The molecule has 0 bridgehead atoms. The van der Waals surface area contributed by atoms with E-state index in [0.29, 0.717) is 17.9 Å². The highest BCUT2D eigenvalue weighted by atomic mass is 15.2. The molecule has 1 saturated carbocycles. The molecule has 1 heterocycles. The SMILES string of the molecule is CCC/C=C\CC1=C2NC(N)=[NH+][C@H]3CC[C@@H](C[C@H]1C)[C@@H]23. The zero-order valence-corrected chi connectivity index (χ0v) is 12.8. The van der Waals surface area contributed by atoms with E-state index < -0.39 is 0 Å². The van der Waals surface area contributed by atoms with Gasteiger partial charge in [-0.1, -0.05) is 32.4 Å². The summed E-state index contributed by atoms with van der Waals surface area (Å²) >= 11 is 0. The van der Waals surface area contributed by atoms with E-state index in [-0.39, 0.29) is 0 Å². The Morgan fingerprint density at radius 3 is 3.00 bits per heavy atom. The van der Waals surface area contributed by atoms with Gasteiger partial charge in [0.25, 0.3) is 0 Å². The third kappa shape index (κ3) is 2.38. The largest absolute Gasteiger partial charge is 0.346 e. The topological polar surface area (TPSA) is 52.0 Å². The molecular formula is C17H28N3+. The lowest BCUT2D eigenvalue weighted by molar-refractivity contribution is -0.516. The smallest absolute Gasteiger partial charge is 0.291 e. The fourth-order valence-corrected chi connectivity index (χ4v) is 4.37. The molecule has 3 heteroatoms. The normalized spacial score (nSPS) is 36.0. The van der Waals surface area contributed by atoms with Gasteiger partial charge in [-0.15, -0.1) is 0 Å². The molecule has 0 unspecified atom stereocenters. The van der Waals surface area contributed by atoms with Gasteiger partial charge in [-0.2, -0.15) is 0 Å². The zero-order chi connectivity index (χ0) is 14.1. The Labute approximate surface area is 122 Å². The molecule has 0 spiro atoms. The van der Waals surface area contributed by atoms with Crippen molar-refractivity contribution in [1.82, 2.24) is 5.32 Å². The van der Waals surface area contributed by atoms with Gasteiger partial charge in [-0.05, 0) is 49.5 Å². The molecule has 1 aliphatic heterocycles. The molecule has 0 radical (unpaired) electrons. The molecule has 0 amide bonds. The Morgan fingerprint density at radius 2 is 2.20 bits per heavy atom. The summed E-state index contributed by atoms with van der Waals surface area (Å²) in [6, 6.07) is 0.568. The maximum Gasteiger partial charge on any atom is 0.346 e. The van der Waals surface area contributed by atoms with Gasteiger partial charge in [0.15, 0.2) is 0 Å². The number of guanidine groups is 1. The Bertz CT molecular complexity index is 461. The predicted molar refractivity (Wildman–Crippen MR) is 82.8 cm³/mol. The van der Waals surface area contributed by atoms with Crippen molar-refractivity contribution in [1.29, 1.82) is 0 Å². The first-order valence-corrected chi connectivity index (χ1v) is 8.24. The molecule has 1 fully saturated rings. The van der Waals surface area contributed by atoms with Crippen LogP contribution in [0.3, 0.4) is 0 Å². The standard InChI is InChI=1S/C17H27N3/c1-3-4-5-6-7-13-11(2)10-12-8-9-14-15(12)16(13)20-17(18)19-14/h5-6,11-12,14-15H,3-4,7-10H2,1-2H3,(H3,18,19,20)/p+1/b6-5-/t11-,12+,14+,15-/m1/s1. The summed E-state index contributed by atoms with van der Waals surface area (Å²) in [6.45, 7) is 4.62. The van der Waals surface area contributed by atoms with Crippen molar-refractivity contribution >= 4 is 5.96 Å².